The van der Waals surface area contributed by atoms with Crippen molar-refractivity contribution >= 4 is 6.16 Å². The molecular formula is C7H6F6O3. The van der Waals surface area contributed by atoms with Gasteiger partial charge in [0.05, 0.1) is 6.61 Å². The van der Waals surface area contributed by atoms with Gasteiger partial charge in [-0.25, -0.2) is 9.18 Å². The Bertz CT molecular complexity index is 276. The van der Waals surface area contributed by atoms with Gasteiger partial charge in [0.15, 0.2) is 6.10 Å². The quantitative estimate of drug-likeness (QED) is 0.559. The van der Waals surface area contributed by atoms with Crippen molar-refractivity contribution in [1.29, 1.82) is 0 Å². The normalized spacial score (nSPS) is 24.6. The summed E-state index contributed by atoms with van der Waals surface area (Å²) in [7, 11) is 0. The van der Waals surface area contributed by atoms with Gasteiger partial charge in [-0.05, 0) is 0 Å². The lowest BCUT2D eigenvalue weighted by molar-refractivity contribution is -0.273. The van der Waals surface area contributed by atoms with E-state index < -0.39 is 43.6 Å². The number of ether oxygens (including phenoxy) is 2. The number of hydrogen-bond donors (Lipinski definition) is 0. The lowest BCUT2D eigenvalue weighted by atomic mass is 10.0. The van der Waals surface area contributed by atoms with Crippen LogP contribution in [-0.2, 0) is 9.47 Å². The molecule has 0 saturated carbocycles. The van der Waals surface area contributed by atoms with E-state index >= 15 is 0 Å². The van der Waals surface area contributed by atoms with E-state index in [0.717, 1.165) is 0 Å². The maximum absolute atomic E-state index is 12.9. The first-order chi connectivity index (χ1) is 7.15. The molecule has 2 atom stereocenters. The number of carbonyl (C=O) groups is 1. The Balaban J connectivity index is 2.79. The summed E-state index contributed by atoms with van der Waals surface area (Å²) in [5, 5.41) is 0. The molecule has 9 heteroatoms. The van der Waals surface area contributed by atoms with Crippen molar-refractivity contribution in [3.63, 3.8) is 0 Å². The fraction of sp³-hybridized carbons (Fsp3) is 0.857. The molecule has 0 aromatic carbocycles. The van der Waals surface area contributed by atoms with Gasteiger partial charge in [-0.3, -0.25) is 0 Å². The maximum Gasteiger partial charge on any atom is 0.508 e. The highest BCUT2D eigenvalue weighted by molar-refractivity contribution is 5.60. The Morgan fingerprint density at radius 2 is 1.81 bits per heavy atom. The third-order valence-corrected chi connectivity index (χ3v) is 1.89. The molecule has 1 aliphatic rings. The van der Waals surface area contributed by atoms with E-state index in [-0.39, 0.29) is 0 Å². The zero-order valence-corrected chi connectivity index (χ0v) is 7.56. The number of hydrogen-bond acceptors (Lipinski definition) is 3. The first-order valence-corrected chi connectivity index (χ1v) is 4.07. The van der Waals surface area contributed by atoms with Crippen LogP contribution in [0.3, 0.4) is 0 Å². The topological polar surface area (TPSA) is 35.5 Å². The Kier molecular flexibility index (Phi) is 3.25. The highest BCUT2D eigenvalue weighted by Gasteiger charge is 2.62. The van der Waals surface area contributed by atoms with Crippen LogP contribution in [0.2, 0.25) is 0 Å². The van der Waals surface area contributed by atoms with Gasteiger partial charge in [-0.1, -0.05) is 0 Å². The van der Waals surface area contributed by atoms with Gasteiger partial charge in [0.1, 0.15) is 0 Å². The van der Waals surface area contributed by atoms with Crippen LogP contribution in [0.5, 0.6) is 0 Å². The van der Waals surface area contributed by atoms with E-state index in [1.807, 2.05) is 0 Å². The summed E-state index contributed by atoms with van der Waals surface area (Å²) in [6.45, 7) is -0.538. The van der Waals surface area contributed by atoms with Crippen molar-refractivity contribution in [3.8, 4) is 0 Å². The van der Waals surface area contributed by atoms with Crippen LogP contribution in [0.25, 0.3) is 0 Å². The number of halogens is 6. The van der Waals surface area contributed by atoms with Gasteiger partial charge in [-0.2, -0.15) is 22.0 Å². The lowest BCUT2D eigenvalue weighted by Gasteiger charge is -2.31. The molecule has 0 N–H and O–H groups in total. The zero-order valence-electron chi connectivity index (χ0n) is 7.56. The van der Waals surface area contributed by atoms with Gasteiger partial charge in [0.2, 0.25) is 0 Å². The van der Waals surface area contributed by atoms with Crippen LogP contribution < -0.4 is 0 Å². The average molecular weight is 252 g/mol. The van der Waals surface area contributed by atoms with Crippen LogP contribution in [0.1, 0.15) is 6.42 Å². The van der Waals surface area contributed by atoms with Crippen molar-refractivity contribution in [3.05, 3.63) is 0 Å². The molecule has 0 bridgehead atoms. The summed E-state index contributed by atoms with van der Waals surface area (Å²) in [5.41, 5.74) is 0. The molecule has 1 saturated heterocycles. The minimum atomic E-state index is -5.71. The molecule has 3 nitrogen and oxygen atoms in total. The standard InChI is InChI=1S/C7H6F6O3/c8-4(7(11,12)13)6(9,10)3-1-2-15-5(14)16-3/h3-4H,1-2H2. The van der Waals surface area contributed by atoms with Crippen LogP contribution >= 0.6 is 0 Å². The van der Waals surface area contributed by atoms with Gasteiger partial charge in [0.25, 0.3) is 6.17 Å². The number of alkyl halides is 6. The van der Waals surface area contributed by atoms with Crippen molar-refractivity contribution < 1.29 is 40.6 Å². The molecule has 1 fully saturated rings. The van der Waals surface area contributed by atoms with Crippen LogP contribution in [0.15, 0.2) is 0 Å². The monoisotopic (exact) mass is 252 g/mol. The lowest BCUT2D eigenvalue weighted by Crippen LogP contribution is -2.52. The van der Waals surface area contributed by atoms with E-state index in [9.17, 15) is 31.1 Å². The molecule has 0 aromatic rings. The van der Waals surface area contributed by atoms with Gasteiger partial charge < -0.3 is 9.47 Å². The van der Waals surface area contributed by atoms with Crippen molar-refractivity contribution in [2.75, 3.05) is 6.61 Å². The zero-order chi connectivity index (χ0) is 12.6. The predicted molar refractivity (Wildman–Crippen MR) is 36.7 cm³/mol. The highest BCUT2D eigenvalue weighted by atomic mass is 19.4. The molecular weight excluding hydrogens is 246 g/mol. The molecule has 0 aromatic heterocycles. The summed E-state index contributed by atoms with van der Waals surface area (Å²) in [5.74, 6) is -4.82. The number of cyclic esters (lactones) is 2. The molecule has 1 heterocycles. The second kappa shape index (κ2) is 4.02. The fourth-order valence-electron chi connectivity index (χ4n) is 1.11. The van der Waals surface area contributed by atoms with Crippen molar-refractivity contribution in [1.82, 2.24) is 0 Å². The van der Waals surface area contributed by atoms with E-state index in [1.54, 1.807) is 0 Å². The third kappa shape index (κ3) is 2.50. The summed E-state index contributed by atoms with van der Waals surface area (Å²) in [6.07, 6.45) is -14.8. The largest absolute Gasteiger partial charge is 0.508 e. The minimum Gasteiger partial charge on any atom is -0.434 e. The first-order valence-electron chi connectivity index (χ1n) is 4.07. The first kappa shape index (κ1) is 12.9. The van der Waals surface area contributed by atoms with Crippen LogP contribution in [-0.4, -0.2) is 37.1 Å². The molecule has 1 aliphatic heterocycles. The summed E-state index contributed by atoms with van der Waals surface area (Å²) >= 11 is 0. The van der Waals surface area contributed by atoms with Gasteiger partial charge in [-0.15, -0.1) is 0 Å². The Hall–Kier alpha value is -1.15. The molecule has 0 radical (unpaired) electrons. The SMILES string of the molecule is O=C1OCCC(C(F)(F)C(F)C(F)(F)F)O1. The van der Waals surface area contributed by atoms with E-state index in [4.69, 9.17) is 0 Å². The minimum absolute atomic E-state index is 0.538. The van der Waals surface area contributed by atoms with E-state index in [2.05, 4.69) is 9.47 Å². The second-order valence-electron chi connectivity index (χ2n) is 3.07. The van der Waals surface area contributed by atoms with E-state index in [1.165, 1.54) is 0 Å². The molecule has 1 rings (SSSR count). The van der Waals surface area contributed by atoms with Crippen LogP contribution in [0, 0.1) is 0 Å². The average Bonchev–Trinajstić information content (AvgIpc) is 2.15. The second-order valence-corrected chi connectivity index (χ2v) is 3.07. The molecule has 16 heavy (non-hydrogen) atoms. The fourth-order valence-corrected chi connectivity index (χ4v) is 1.11. The predicted octanol–water partition coefficient (Wildman–Crippen LogP) is 2.45. The van der Waals surface area contributed by atoms with Crippen molar-refractivity contribution in [2.45, 2.75) is 30.8 Å². The van der Waals surface area contributed by atoms with Crippen molar-refractivity contribution in [2.24, 2.45) is 0 Å². The number of carbonyl (C=O) groups excluding carboxylic acids is 1. The summed E-state index contributed by atoms with van der Waals surface area (Å²) in [6, 6.07) is 0. The van der Waals surface area contributed by atoms with Crippen LogP contribution in [0.4, 0.5) is 31.1 Å². The van der Waals surface area contributed by atoms with Gasteiger partial charge >= 0.3 is 18.3 Å². The number of rotatable bonds is 2. The molecule has 0 spiro atoms. The van der Waals surface area contributed by atoms with E-state index in [0.29, 0.717) is 0 Å². The molecule has 0 amide bonds. The molecule has 2 unspecified atom stereocenters. The smallest absolute Gasteiger partial charge is 0.434 e. The maximum atomic E-state index is 12.9. The highest BCUT2D eigenvalue weighted by Crippen LogP contribution is 2.39. The summed E-state index contributed by atoms with van der Waals surface area (Å²) < 4.78 is 81.6. The molecule has 0 aliphatic carbocycles. The van der Waals surface area contributed by atoms with Gasteiger partial charge in [0, 0.05) is 6.42 Å². The Morgan fingerprint density at radius 3 is 2.25 bits per heavy atom. The third-order valence-electron chi connectivity index (χ3n) is 1.89. The summed E-state index contributed by atoms with van der Waals surface area (Å²) in [4.78, 5) is 10.4. The Labute approximate surface area is 85.3 Å². The molecule has 94 valence electrons. The Morgan fingerprint density at radius 1 is 1.25 bits per heavy atom.